The molecule has 2 nitrogen and oxygen atoms in total. The molecule has 2 atom stereocenters. The number of rotatable bonds is 6. The third kappa shape index (κ3) is 4.50. The van der Waals surface area contributed by atoms with Gasteiger partial charge in [-0.3, -0.25) is 0 Å². The Balaban J connectivity index is 1.78. The molecule has 2 unspecified atom stereocenters. The molecule has 0 radical (unpaired) electrons. The van der Waals surface area contributed by atoms with Crippen molar-refractivity contribution in [2.24, 2.45) is 5.92 Å². The summed E-state index contributed by atoms with van der Waals surface area (Å²) in [4.78, 5) is 0. The van der Waals surface area contributed by atoms with E-state index in [0.717, 1.165) is 12.8 Å². The van der Waals surface area contributed by atoms with Crippen molar-refractivity contribution in [2.75, 3.05) is 6.61 Å². The van der Waals surface area contributed by atoms with E-state index >= 15 is 0 Å². The van der Waals surface area contributed by atoms with Crippen LogP contribution in [0.1, 0.15) is 43.7 Å². The van der Waals surface area contributed by atoms with E-state index < -0.39 is 17.5 Å². The topological polar surface area (TPSA) is 18.5 Å². The van der Waals surface area contributed by atoms with Crippen molar-refractivity contribution in [1.82, 2.24) is 0 Å². The second-order valence-corrected chi connectivity index (χ2v) is 7.72. The Morgan fingerprint density at radius 2 is 2.03 bits per heavy atom. The normalized spacial score (nSPS) is 23.2. The Morgan fingerprint density at radius 3 is 2.66 bits per heavy atom. The van der Waals surface area contributed by atoms with Crippen molar-refractivity contribution in [3.8, 4) is 5.75 Å². The summed E-state index contributed by atoms with van der Waals surface area (Å²) >= 11 is 0. The molecule has 2 aliphatic heterocycles. The first-order chi connectivity index (χ1) is 13.8. The van der Waals surface area contributed by atoms with Gasteiger partial charge in [0.1, 0.15) is 0 Å². The van der Waals surface area contributed by atoms with Gasteiger partial charge in [-0.15, -0.1) is 6.58 Å². The van der Waals surface area contributed by atoms with Gasteiger partial charge in [0.05, 0.1) is 12.7 Å². The molecule has 156 valence electrons. The number of fused-ring (bicyclic) bond motifs is 1. The second-order valence-electron chi connectivity index (χ2n) is 7.72. The number of benzene rings is 1. The average molecular weight is 404 g/mol. The highest BCUT2D eigenvalue weighted by Gasteiger charge is 2.29. The smallest absolute Gasteiger partial charge is 0.201 e. The van der Waals surface area contributed by atoms with Crippen LogP contribution in [0.15, 0.2) is 54.6 Å². The van der Waals surface area contributed by atoms with Gasteiger partial charge in [0, 0.05) is 12.0 Å². The molecule has 2 aliphatic rings. The fourth-order valence-electron chi connectivity index (χ4n) is 3.74. The van der Waals surface area contributed by atoms with Gasteiger partial charge >= 0.3 is 0 Å². The monoisotopic (exact) mass is 404 g/mol. The highest BCUT2D eigenvalue weighted by atomic mass is 19.2. The van der Waals surface area contributed by atoms with Gasteiger partial charge in [-0.05, 0) is 60.8 Å². The van der Waals surface area contributed by atoms with Gasteiger partial charge in [-0.1, -0.05) is 26.2 Å². The fraction of sp³-hybridized carbons (Fsp3) is 0.417. The average Bonchev–Trinajstić information content (AvgIpc) is 2.74. The van der Waals surface area contributed by atoms with Gasteiger partial charge in [-0.25, -0.2) is 8.78 Å². The molecule has 0 N–H and O–H groups in total. The highest BCUT2D eigenvalue weighted by molar-refractivity contribution is 5.51. The van der Waals surface area contributed by atoms with Crippen LogP contribution >= 0.6 is 0 Å². The first kappa shape index (κ1) is 21.4. The minimum atomic E-state index is -1.08. The van der Waals surface area contributed by atoms with Crippen LogP contribution in [0.2, 0.25) is 0 Å². The molecule has 1 saturated heterocycles. The number of hydrogen-bond acceptors (Lipinski definition) is 2. The number of ether oxygens (including phenoxy) is 2. The van der Waals surface area contributed by atoms with Crippen LogP contribution in [-0.4, -0.2) is 12.7 Å². The van der Waals surface area contributed by atoms with Crippen LogP contribution in [0.5, 0.6) is 5.75 Å². The Morgan fingerprint density at radius 1 is 1.28 bits per heavy atom. The second kappa shape index (κ2) is 9.04. The molecule has 0 saturated carbocycles. The molecule has 0 amide bonds. The summed E-state index contributed by atoms with van der Waals surface area (Å²) in [5, 5.41) is 0. The maximum absolute atomic E-state index is 14.7. The summed E-state index contributed by atoms with van der Waals surface area (Å²) in [7, 11) is 0. The zero-order valence-electron chi connectivity index (χ0n) is 16.8. The zero-order valence-corrected chi connectivity index (χ0v) is 16.8. The molecule has 2 heterocycles. The van der Waals surface area contributed by atoms with Gasteiger partial charge in [-0.2, -0.15) is 4.39 Å². The lowest BCUT2D eigenvalue weighted by molar-refractivity contribution is 0.00879. The summed E-state index contributed by atoms with van der Waals surface area (Å²) in [5.74, 6) is -2.80. The Labute approximate surface area is 170 Å². The van der Waals surface area contributed by atoms with Crippen molar-refractivity contribution in [1.29, 1.82) is 0 Å². The van der Waals surface area contributed by atoms with Gasteiger partial charge in [0.2, 0.25) is 5.82 Å². The third-order valence-corrected chi connectivity index (χ3v) is 5.67. The summed E-state index contributed by atoms with van der Waals surface area (Å²) in [5.41, 5.74) is 1.40. The summed E-state index contributed by atoms with van der Waals surface area (Å²) in [6, 6.07) is 1.61. The van der Waals surface area contributed by atoms with E-state index in [0.29, 0.717) is 48.5 Å². The van der Waals surface area contributed by atoms with E-state index in [-0.39, 0.29) is 29.6 Å². The van der Waals surface area contributed by atoms with Crippen LogP contribution in [0.3, 0.4) is 0 Å². The fourth-order valence-corrected chi connectivity index (χ4v) is 3.74. The molecule has 1 aromatic carbocycles. The van der Waals surface area contributed by atoms with Crippen LogP contribution in [0.4, 0.5) is 13.2 Å². The standard InChI is InChI=1S/C24H27F3O2/c1-5-14(3)20(25)23-15(4)11-18-12-17(21(26)22(27)24(18)29-23)9-7-16-8-10-19(6-2)28-13-16/h6,12,16,19H,2-5,7-11,13H2,1H3/b23-20-. The predicted molar refractivity (Wildman–Crippen MR) is 108 cm³/mol. The Hall–Kier alpha value is -2.27. The highest BCUT2D eigenvalue weighted by Crippen LogP contribution is 2.39. The Bertz CT molecular complexity index is 861. The molecule has 0 bridgehead atoms. The quantitative estimate of drug-likeness (QED) is 0.503. The van der Waals surface area contributed by atoms with Gasteiger partial charge in [0.15, 0.2) is 23.2 Å². The molecule has 1 fully saturated rings. The molecule has 0 spiro atoms. The number of aryl methyl sites for hydroxylation is 1. The van der Waals surface area contributed by atoms with Crippen LogP contribution in [-0.2, 0) is 17.6 Å². The van der Waals surface area contributed by atoms with Crippen molar-refractivity contribution in [3.05, 3.63) is 77.4 Å². The van der Waals surface area contributed by atoms with Gasteiger partial charge < -0.3 is 9.47 Å². The summed E-state index contributed by atoms with van der Waals surface area (Å²) in [6.45, 7) is 13.6. The molecule has 0 aliphatic carbocycles. The maximum Gasteiger partial charge on any atom is 0.201 e. The lowest BCUT2D eigenvalue weighted by Gasteiger charge is -2.27. The number of hydrogen-bond donors (Lipinski definition) is 0. The minimum absolute atomic E-state index is 0.0822. The lowest BCUT2D eigenvalue weighted by atomic mass is 9.90. The minimum Gasteiger partial charge on any atom is -0.450 e. The van der Waals surface area contributed by atoms with E-state index in [1.54, 1.807) is 19.1 Å². The van der Waals surface area contributed by atoms with Crippen LogP contribution in [0.25, 0.3) is 0 Å². The maximum atomic E-state index is 14.7. The molecule has 29 heavy (non-hydrogen) atoms. The molecular weight excluding hydrogens is 377 g/mol. The van der Waals surface area contributed by atoms with Crippen molar-refractivity contribution < 1.29 is 22.6 Å². The largest absolute Gasteiger partial charge is 0.450 e. The van der Waals surface area contributed by atoms with E-state index in [1.165, 1.54) is 0 Å². The van der Waals surface area contributed by atoms with E-state index in [2.05, 4.69) is 19.7 Å². The van der Waals surface area contributed by atoms with Crippen LogP contribution < -0.4 is 4.74 Å². The SMILES string of the molecule is C=CC1CCC(CCc2cc3c(c(F)c2F)O/C(=C(\F)C(=C)CC)C(=C)C3)CO1. The molecule has 5 heteroatoms. The van der Waals surface area contributed by atoms with Crippen molar-refractivity contribution in [2.45, 2.75) is 51.6 Å². The molecule has 3 rings (SSSR count). The Kier molecular flexibility index (Phi) is 6.68. The number of allylic oxidation sites excluding steroid dienone is 3. The number of halogens is 3. The molecule has 0 aromatic heterocycles. The summed E-state index contributed by atoms with van der Waals surface area (Å²) < 4.78 is 55.0. The summed E-state index contributed by atoms with van der Waals surface area (Å²) in [6.07, 6.45) is 5.44. The zero-order chi connectivity index (χ0) is 21.1. The predicted octanol–water partition coefficient (Wildman–Crippen LogP) is 6.52. The molecule has 1 aromatic rings. The van der Waals surface area contributed by atoms with Crippen LogP contribution in [0, 0.1) is 17.6 Å². The first-order valence-corrected chi connectivity index (χ1v) is 10.0. The van der Waals surface area contributed by atoms with Gasteiger partial charge in [0.25, 0.3) is 0 Å². The third-order valence-electron chi connectivity index (χ3n) is 5.67. The van der Waals surface area contributed by atoms with E-state index in [1.807, 2.05) is 0 Å². The van der Waals surface area contributed by atoms with E-state index in [4.69, 9.17) is 9.47 Å². The van der Waals surface area contributed by atoms with E-state index in [9.17, 15) is 13.2 Å². The lowest BCUT2D eigenvalue weighted by Crippen LogP contribution is -2.24. The first-order valence-electron chi connectivity index (χ1n) is 10.0. The molecular formula is C24H27F3O2. The van der Waals surface area contributed by atoms with Crippen molar-refractivity contribution in [3.63, 3.8) is 0 Å². The van der Waals surface area contributed by atoms with Crippen molar-refractivity contribution >= 4 is 0 Å².